The van der Waals surface area contributed by atoms with Gasteiger partial charge in [-0.2, -0.15) is 5.10 Å². The van der Waals surface area contributed by atoms with Crippen LogP contribution in [-0.4, -0.2) is 40.1 Å². The molecular weight excluding hydrogens is 338 g/mol. The zero-order valence-electron chi connectivity index (χ0n) is 13.4. The highest BCUT2D eigenvalue weighted by atomic mass is 32.1. The Hall–Kier alpha value is -2.74. The fraction of sp³-hybridized carbons (Fsp3) is 0.294. The van der Waals surface area contributed by atoms with Crippen LogP contribution in [0.3, 0.4) is 0 Å². The number of hydrogen-bond acceptors (Lipinski definition) is 5. The fourth-order valence-corrected chi connectivity index (χ4v) is 3.68. The maximum Gasteiger partial charge on any atom is 0.229 e. The minimum atomic E-state index is -0.348. The number of amides is 2. The minimum Gasteiger partial charge on any atom is -0.355 e. The molecule has 1 atom stereocenters. The summed E-state index contributed by atoms with van der Waals surface area (Å²) in [5.74, 6) is 0.0857. The van der Waals surface area contributed by atoms with Crippen LogP contribution in [0.1, 0.15) is 11.4 Å². The summed E-state index contributed by atoms with van der Waals surface area (Å²) < 4.78 is 0. The standard InChI is InChI=1S/C17H17N5O2S/c23-15-9-11(17(24)19-6-5-14-18-7-8-25-14)10-22(15)16-12-3-1-2-4-13(12)20-21-16/h1-4,7-8,11H,5-6,9-10H2,(H,19,24)(H,20,21). The van der Waals surface area contributed by atoms with Gasteiger partial charge in [-0.25, -0.2) is 4.98 Å². The van der Waals surface area contributed by atoms with Crippen molar-refractivity contribution in [2.75, 3.05) is 18.0 Å². The van der Waals surface area contributed by atoms with Crippen LogP contribution >= 0.6 is 11.3 Å². The second-order valence-corrected chi connectivity index (χ2v) is 6.94. The molecule has 1 aromatic carbocycles. The van der Waals surface area contributed by atoms with E-state index < -0.39 is 0 Å². The third-order valence-electron chi connectivity index (χ3n) is 4.32. The first-order valence-electron chi connectivity index (χ1n) is 8.12. The van der Waals surface area contributed by atoms with Gasteiger partial charge in [0.05, 0.1) is 16.4 Å². The Kier molecular flexibility index (Phi) is 4.19. The molecule has 1 aliphatic heterocycles. The predicted molar refractivity (Wildman–Crippen MR) is 95.4 cm³/mol. The van der Waals surface area contributed by atoms with Crippen LogP contribution in [0.15, 0.2) is 35.8 Å². The van der Waals surface area contributed by atoms with Gasteiger partial charge in [0.25, 0.3) is 0 Å². The van der Waals surface area contributed by atoms with E-state index in [-0.39, 0.29) is 24.2 Å². The monoisotopic (exact) mass is 355 g/mol. The SMILES string of the molecule is O=C(NCCc1nccs1)C1CC(=O)N(c2n[nH]c3ccccc23)C1. The summed E-state index contributed by atoms with van der Waals surface area (Å²) in [7, 11) is 0. The van der Waals surface area contributed by atoms with Crippen LogP contribution < -0.4 is 10.2 Å². The summed E-state index contributed by atoms with van der Waals surface area (Å²) in [5, 5.41) is 13.9. The molecule has 0 radical (unpaired) electrons. The molecule has 1 unspecified atom stereocenters. The summed E-state index contributed by atoms with van der Waals surface area (Å²) in [6, 6.07) is 7.65. The van der Waals surface area contributed by atoms with E-state index in [0.29, 0.717) is 25.3 Å². The van der Waals surface area contributed by atoms with Crippen molar-refractivity contribution >= 4 is 39.9 Å². The van der Waals surface area contributed by atoms with Crippen molar-refractivity contribution in [1.29, 1.82) is 0 Å². The van der Waals surface area contributed by atoms with Crippen molar-refractivity contribution in [3.8, 4) is 0 Å². The molecule has 25 heavy (non-hydrogen) atoms. The number of anilines is 1. The molecule has 4 rings (SSSR count). The van der Waals surface area contributed by atoms with Crippen molar-refractivity contribution in [2.45, 2.75) is 12.8 Å². The van der Waals surface area contributed by atoms with Crippen LogP contribution in [-0.2, 0) is 16.0 Å². The highest BCUT2D eigenvalue weighted by Crippen LogP contribution is 2.29. The first kappa shape index (κ1) is 15.8. The lowest BCUT2D eigenvalue weighted by Gasteiger charge is -2.14. The number of nitrogens with one attached hydrogen (secondary N) is 2. The Morgan fingerprint density at radius 2 is 2.28 bits per heavy atom. The molecule has 0 saturated carbocycles. The molecule has 1 saturated heterocycles. The molecule has 128 valence electrons. The summed E-state index contributed by atoms with van der Waals surface area (Å²) in [5.41, 5.74) is 0.877. The molecule has 1 aliphatic rings. The largest absolute Gasteiger partial charge is 0.355 e. The van der Waals surface area contributed by atoms with Gasteiger partial charge in [0.2, 0.25) is 11.8 Å². The molecule has 3 heterocycles. The van der Waals surface area contributed by atoms with Gasteiger partial charge in [0.15, 0.2) is 5.82 Å². The van der Waals surface area contributed by atoms with Crippen LogP contribution in [0, 0.1) is 5.92 Å². The van der Waals surface area contributed by atoms with Gasteiger partial charge in [0.1, 0.15) is 0 Å². The maximum absolute atomic E-state index is 12.4. The van der Waals surface area contributed by atoms with Crippen molar-refractivity contribution in [3.05, 3.63) is 40.8 Å². The number of para-hydroxylation sites is 1. The first-order chi connectivity index (χ1) is 12.2. The van der Waals surface area contributed by atoms with Crippen LogP contribution in [0.5, 0.6) is 0 Å². The maximum atomic E-state index is 12.4. The topological polar surface area (TPSA) is 91.0 Å². The summed E-state index contributed by atoms with van der Waals surface area (Å²) >= 11 is 1.57. The number of rotatable bonds is 5. The molecule has 2 amide bonds. The number of thiazole rings is 1. The lowest BCUT2D eigenvalue weighted by Crippen LogP contribution is -2.34. The third-order valence-corrected chi connectivity index (χ3v) is 5.16. The molecular formula is C17H17N5O2S. The van der Waals surface area contributed by atoms with E-state index in [2.05, 4.69) is 20.5 Å². The zero-order chi connectivity index (χ0) is 17.2. The molecule has 8 heteroatoms. The summed E-state index contributed by atoms with van der Waals surface area (Å²) in [4.78, 5) is 30.5. The molecule has 2 aromatic heterocycles. The number of aromatic amines is 1. The van der Waals surface area contributed by atoms with Gasteiger partial charge in [-0.3, -0.25) is 19.6 Å². The summed E-state index contributed by atoms with van der Waals surface area (Å²) in [6.45, 7) is 0.888. The lowest BCUT2D eigenvalue weighted by atomic mass is 10.1. The number of aromatic nitrogens is 3. The Morgan fingerprint density at radius 1 is 1.40 bits per heavy atom. The van der Waals surface area contributed by atoms with E-state index >= 15 is 0 Å². The van der Waals surface area contributed by atoms with Crippen molar-refractivity contribution < 1.29 is 9.59 Å². The number of benzene rings is 1. The minimum absolute atomic E-state index is 0.0719. The first-order valence-corrected chi connectivity index (χ1v) is 9.00. The lowest BCUT2D eigenvalue weighted by molar-refractivity contribution is -0.126. The van der Waals surface area contributed by atoms with E-state index in [4.69, 9.17) is 0 Å². The molecule has 0 spiro atoms. The van der Waals surface area contributed by atoms with Crippen LogP contribution in [0.4, 0.5) is 5.82 Å². The number of carbonyl (C=O) groups is 2. The predicted octanol–water partition coefficient (Wildman–Crippen LogP) is 1.73. The number of hydrogen-bond donors (Lipinski definition) is 2. The third kappa shape index (κ3) is 3.12. The number of H-pyrrole nitrogens is 1. The Labute approximate surface area is 148 Å². The molecule has 3 aromatic rings. The number of nitrogens with zero attached hydrogens (tertiary/aromatic N) is 3. The molecule has 1 fully saturated rings. The average molecular weight is 355 g/mol. The van der Waals surface area contributed by atoms with E-state index in [9.17, 15) is 9.59 Å². The van der Waals surface area contributed by atoms with Gasteiger partial charge in [-0.1, -0.05) is 12.1 Å². The van der Waals surface area contributed by atoms with Gasteiger partial charge in [0, 0.05) is 42.9 Å². The van der Waals surface area contributed by atoms with Crippen LogP contribution in [0.25, 0.3) is 10.9 Å². The number of fused-ring (bicyclic) bond motifs is 1. The van der Waals surface area contributed by atoms with E-state index in [1.54, 1.807) is 22.4 Å². The highest BCUT2D eigenvalue weighted by Gasteiger charge is 2.36. The Morgan fingerprint density at radius 3 is 3.12 bits per heavy atom. The van der Waals surface area contributed by atoms with Crippen molar-refractivity contribution in [3.63, 3.8) is 0 Å². The molecule has 7 nitrogen and oxygen atoms in total. The van der Waals surface area contributed by atoms with Gasteiger partial charge in [-0.05, 0) is 12.1 Å². The Balaban J connectivity index is 1.40. The fourth-order valence-electron chi connectivity index (χ4n) is 3.06. The zero-order valence-corrected chi connectivity index (χ0v) is 14.3. The number of carbonyl (C=O) groups excluding carboxylic acids is 2. The molecule has 0 bridgehead atoms. The van der Waals surface area contributed by atoms with Gasteiger partial charge >= 0.3 is 0 Å². The molecule has 0 aliphatic carbocycles. The summed E-state index contributed by atoms with van der Waals surface area (Å²) in [6.07, 6.45) is 2.67. The van der Waals surface area contributed by atoms with Gasteiger partial charge in [-0.15, -0.1) is 11.3 Å². The average Bonchev–Trinajstić information content (AvgIpc) is 3.34. The van der Waals surface area contributed by atoms with Crippen molar-refractivity contribution in [1.82, 2.24) is 20.5 Å². The van der Waals surface area contributed by atoms with E-state index in [1.807, 2.05) is 29.6 Å². The van der Waals surface area contributed by atoms with Crippen LogP contribution in [0.2, 0.25) is 0 Å². The van der Waals surface area contributed by atoms with E-state index in [0.717, 1.165) is 15.9 Å². The smallest absolute Gasteiger partial charge is 0.229 e. The normalized spacial score (nSPS) is 17.4. The Bertz CT molecular complexity index is 905. The second kappa shape index (κ2) is 6.64. The quantitative estimate of drug-likeness (QED) is 0.729. The van der Waals surface area contributed by atoms with E-state index in [1.165, 1.54) is 0 Å². The molecule has 2 N–H and O–H groups in total. The van der Waals surface area contributed by atoms with Crippen molar-refractivity contribution in [2.24, 2.45) is 5.92 Å². The highest BCUT2D eigenvalue weighted by molar-refractivity contribution is 7.09. The van der Waals surface area contributed by atoms with Gasteiger partial charge < -0.3 is 5.32 Å². The second-order valence-electron chi connectivity index (χ2n) is 5.97.